The SMILES string of the molecule is Cc1cc(Cl)c(N)cc1S(=O)(=O)Nc1ccc(F)c(Cl)c1. The van der Waals surface area contributed by atoms with Gasteiger partial charge < -0.3 is 5.73 Å². The first-order valence-electron chi connectivity index (χ1n) is 5.74. The van der Waals surface area contributed by atoms with Gasteiger partial charge in [-0.3, -0.25) is 4.72 Å². The van der Waals surface area contributed by atoms with Crippen LogP contribution in [0.1, 0.15) is 5.56 Å². The van der Waals surface area contributed by atoms with E-state index in [4.69, 9.17) is 28.9 Å². The smallest absolute Gasteiger partial charge is 0.262 e. The summed E-state index contributed by atoms with van der Waals surface area (Å²) in [4.78, 5) is -0.00940. The van der Waals surface area contributed by atoms with Crippen molar-refractivity contribution in [2.75, 3.05) is 10.5 Å². The molecule has 8 heteroatoms. The largest absolute Gasteiger partial charge is 0.397 e. The molecule has 0 atom stereocenters. The Hall–Kier alpha value is -1.50. The van der Waals surface area contributed by atoms with Gasteiger partial charge in [0.2, 0.25) is 0 Å². The molecule has 0 fully saturated rings. The van der Waals surface area contributed by atoms with Gasteiger partial charge in [0.15, 0.2) is 0 Å². The third-order valence-corrected chi connectivity index (χ3v) is 4.90. The van der Waals surface area contributed by atoms with Crippen molar-refractivity contribution in [2.45, 2.75) is 11.8 Å². The molecule has 0 saturated heterocycles. The van der Waals surface area contributed by atoms with E-state index in [-0.39, 0.29) is 26.3 Å². The van der Waals surface area contributed by atoms with Crippen LogP contribution in [0.5, 0.6) is 0 Å². The molecule has 0 amide bonds. The predicted molar refractivity (Wildman–Crippen MR) is 82.8 cm³/mol. The molecule has 0 spiro atoms. The quantitative estimate of drug-likeness (QED) is 0.828. The fourth-order valence-corrected chi connectivity index (χ4v) is 3.44. The third-order valence-electron chi connectivity index (χ3n) is 2.76. The number of hydrogen-bond donors (Lipinski definition) is 2. The van der Waals surface area contributed by atoms with Gasteiger partial charge in [0, 0.05) is 0 Å². The van der Waals surface area contributed by atoms with E-state index in [9.17, 15) is 12.8 Å². The lowest BCUT2D eigenvalue weighted by Crippen LogP contribution is -2.14. The van der Waals surface area contributed by atoms with E-state index in [1.165, 1.54) is 24.3 Å². The summed E-state index contributed by atoms with van der Waals surface area (Å²) < 4.78 is 40.1. The second-order valence-corrected chi connectivity index (χ2v) is 6.84. The van der Waals surface area contributed by atoms with E-state index in [2.05, 4.69) is 4.72 Å². The first-order valence-corrected chi connectivity index (χ1v) is 7.98. The molecule has 0 radical (unpaired) electrons. The second-order valence-electron chi connectivity index (χ2n) is 4.37. The van der Waals surface area contributed by atoms with Crippen molar-refractivity contribution in [3.05, 3.63) is 51.8 Å². The lowest BCUT2D eigenvalue weighted by molar-refractivity contribution is 0.600. The minimum atomic E-state index is -3.88. The zero-order chi connectivity index (χ0) is 15.8. The lowest BCUT2D eigenvalue weighted by atomic mass is 10.2. The summed E-state index contributed by atoms with van der Waals surface area (Å²) >= 11 is 11.5. The Kier molecular flexibility index (Phi) is 4.32. The number of aryl methyl sites for hydroxylation is 1. The first kappa shape index (κ1) is 15.9. The Morgan fingerprint density at radius 3 is 2.43 bits per heavy atom. The molecule has 3 N–H and O–H groups in total. The van der Waals surface area contributed by atoms with Crippen molar-refractivity contribution in [2.24, 2.45) is 0 Å². The summed E-state index contributed by atoms with van der Waals surface area (Å²) in [7, 11) is -3.88. The van der Waals surface area contributed by atoms with Gasteiger partial charge >= 0.3 is 0 Å². The Morgan fingerprint density at radius 2 is 1.81 bits per heavy atom. The maximum Gasteiger partial charge on any atom is 0.262 e. The molecule has 4 nitrogen and oxygen atoms in total. The topological polar surface area (TPSA) is 72.2 Å². The fourth-order valence-electron chi connectivity index (χ4n) is 1.73. The first-order chi connectivity index (χ1) is 9.70. The van der Waals surface area contributed by atoms with Crippen LogP contribution in [0.15, 0.2) is 35.2 Å². The molecule has 0 heterocycles. The van der Waals surface area contributed by atoms with Crippen molar-refractivity contribution in [1.82, 2.24) is 0 Å². The molecular weight excluding hydrogens is 338 g/mol. The molecule has 21 heavy (non-hydrogen) atoms. The van der Waals surface area contributed by atoms with Crippen LogP contribution in [0.25, 0.3) is 0 Å². The minimum absolute atomic E-state index is 0.00940. The molecule has 0 saturated carbocycles. The highest BCUT2D eigenvalue weighted by molar-refractivity contribution is 7.92. The molecule has 0 aliphatic rings. The third kappa shape index (κ3) is 3.40. The Balaban J connectivity index is 2.43. The number of benzene rings is 2. The molecule has 0 aliphatic heterocycles. The molecule has 0 unspecified atom stereocenters. The van der Waals surface area contributed by atoms with Gasteiger partial charge in [-0.15, -0.1) is 0 Å². The maximum atomic E-state index is 13.1. The van der Waals surface area contributed by atoms with Crippen molar-refractivity contribution in [3.63, 3.8) is 0 Å². The van der Waals surface area contributed by atoms with E-state index in [1.807, 2.05) is 0 Å². The summed E-state index contributed by atoms with van der Waals surface area (Å²) in [5, 5.41) is 0.0961. The van der Waals surface area contributed by atoms with E-state index >= 15 is 0 Å². The average Bonchev–Trinajstić information content (AvgIpc) is 2.37. The number of halogens is 3. The number of hydrogen-bond acceptors (Lipinski definition) is 3. The van der Waals surface area contributed by atoms with Gasteiger partial charge in [0.05, 0.1) is 26.3 Å². The van der Waals surface area contributed by atoms with Crippen LogP contribution < -0.4 is 10.5 Å². The standard InChI is InChI=1S/C13H11Cl2FN2O2S/c1-7-4-10(15)12(17)6-13(7)21(19,20)18-8-2-3-11(16)9(14)5-8/h2-6,18H,17H2,1H3. The zero-order valence-corrected chi connectivity index (χ0v) is 13.2. The second kappa shape index (κ2) is 5.71. The number of nitrogens with one attached hydrogen (secondary N) is 1. The predicted octanol–water partition coefficient (Wildman–Crippen LogP) is 3.82. The summed E-state index contributed by atoms with van der Waals surface area (Å²) in [6.45, 7) is 1.59. The van der Waals surface area contributed by atoms with Crippen molar-refractivity contribution < 1.29 is 12.8 Å². The van der Waals surface area contributed by atoms with Gasteiger partial charge in [-0.2, -0.15) is 0 Å². The van der Waals surface area contributed by atoms with Gasteiger partial charge in [0.1, 0.15) is 5.82 Å². The molecule has 0 aliphatic carbocycles. The Bertz CT molecular complexity index is 810. The van der Waals surface area contributed by atoms with Crippen LogP contribution in [0, 0.1) is 12.7 Å². The van der Waals surface area contributed by atoms with Gasteiger partial charge in [-0.1, -0.05) is 23.2 Å². The van der Waals surface area contributed by atoms with Crippen LogP contribution in [-0.2, 0) is 10.0 Å². The summed E-state index contributed by atoms with van der Waals surface area (Å²) in [5.74, 6) is -0.633. The Morgan fingerprint density at radius 1 is 1.14 bits per heavy atom. The Labute approximate surface area is 131 Å². The zero-order valence-electron chi connectivity index (χ0n) is 10.8. The summed E-state index contributed by atoms with van der Waals surface area (Å²) in [5.41, 5.74) is 6.37. The van der Waals surface area contributed by atoms with Crippen LogP contribution in [0.2, 0.25) is 10.0 Å². The summed E-state index contributed by atoms with van der Waals surface area (Å²) in [6, 6.07) is 6.26. The normalized spacial score (nSPS) is 11.4. The van der Waals surface area contributed by atoms with E-state index < -0.39 is 15.8 Å². The van der Waals surface area contributed by atoms with Crippen molar-refractivity contribution in [1.29, 1.82) is 0 Å². The van der Waals surface area contributed by atoms with Gasteiger partial charge in [-0.05, 0) is 42.8 Å². The lowest BCUT2D eigenvalue weighted by Gasteiger charge is -2.12. The maximum absolute atomic E-state index is 13.1. The summed E-state index contributed by atoms with van der Waals surface area (Å²) in [6.07, 6.45) is 0. The van der Waals surface area contributed by atoms with Crippen molar-refractivity contribution in [3.8, 4) is 0 Å². The molecule has 112 valence electrons. The molecule has 2 aromatic rings. The number of nitrogen functional groups attached to an aromatic ring is 1. The highest BCUT2D eigenvalue weighted by atomic mass is 35.5. The van der Waals surface area contributed by atoms with Gasteiger partial charge in [-0.25, -0.2) is 12.8 Å². The van der Waals surface area contributed by atoms with E-state index in [1.54, 1.807) is 6.92 Å². The minimum Gasteiger partial charge on any atom is -0.397 e. The fraction of sp³-hybridized carbons (Fsp3) is 0.0769. The van der Waals surface area contributed by atoms with Gasteiger partial charge in [0.25, 0.3) is 10.0 Å². The van der Waals surface area contributed by atoms with Crippen LogP contribution in [-0.4, -0.2) is 8.42 Å². The molecular formula is C13H11Cl2FN2O2S. The molecule has 2 aromatic carbocycles. The van der Waals surface area contributed by atoms with Crippen LogP contribution in [0.4, 0.5) is 15.8 Å². The molecule has 0 aromatic heterocycles. The van der Waals surface area contributed by atoms with Crippen LogP contribution in [0.3, 0.4) is 0 Å². The average molecular weight is 349 g/mol. The van der Waals surface area contributed by atoms with Crippen molar-refractivity contribution >= 4 is 44.6 Å². The molecule has 2 rings (SSSR count). The highest BCUT2D eigenvalue weighted by Crippen LogP contribution is 2.28. The monoisotopic (exact) mass is 348 g/mol. The van der Waals surface area contributed by atoms with E-state index in [0.29, 0.717) is 5.56 Å². The number of anilines is 2. The highest BCUT2D eigenvalue weighted by Gasteiger charge is 2.19. The molecule has 0 bridgehead atoms. The number of sulfonamides is 1. The van der Waals surface area contributed by atoms with Crippen LogP contribution >= 0.6 is 23.2 Å². The number of rotatable bonds is 3. The van der Waals surface area contributed by atoms with E-state index in [0.717, 1.165) is 6.07 Å². The number of nitrogens with two attached hydrogens (primary N) is 1.